The summed E-state index contributed by atoms with van der Waals surface area (Å²) in [5, 5.41) is 5.74. The molecular formula is C30H32F4N4O4. The molecule has 8 nitrogen and oxygen atoms in total. The monoisotopic (exact) mass is 588 g/mol. The first-order valence-corrected chi connectivity index (χ1v) is 13.4. The van der Waals surface area contributed by atoms with Crippen LogP contribution in [-0.2, 0) is 20.7 Å². The van der Waals surface area contributed by atoms with Gasteiger partial charge in [-0.05, 0) is 24.0 Å². The molecule has 0 saturated carbocycles. The first kappa shape index (κ1) is 30.9. The van der Waals surface area contributed by atoms with E-state index in [1.807, 2.05) is 60.7 Å². The third-order valence-corrected chi connectivity index (χ3v) is 6.82. The molecule has 224 valence electrons. The second-order valence-electron chi connectivity index (χ2n) is 10.0. The Morgan fingerprint density at radius 1 is 1.10 bits per heavy atom. The number of hydrogen-bond donors (Lipinski definition) is 2. The van der Waals surface area contributed by atoms with Crippen LogP contribution >= 0.6 is 0 Å². The highest BCUT2D eigenvalue weighted by Gasteiger charge is 2.33. The van der Waals surface area contributed by atoms with Gasteiger partial charge in [-0.25, -0.2) is 9.18 Å². The summed E-state index contributed by atoms with van der Waals surface area (Å²) in [4.78, 5) is 29.4. The van der Waals surface area contributed by atoms with E-state index in [0.29, 0.717) is 11.3 Å². The molecule has 1 aliphatic rings. The summed E-state index contributed by atoms with van der Waals surface area (Å²) < 4.78 is 63.1. The number of halogens is 4. The molecule has 42 heavy (non-hydrogen) atoms. The lowest BCUT2D eigenvalue weighted by Gasteiger charge is -2.31. The van der Waals surface area contributed by atoms with Crippen LogP contribution in [-0.4, -0.2) is 67.1 Å². The smallest absolute Gasteiger partial charge is 0.411 e. The molecule has 2 amide bonds. The van der Waals surface area contributed by atoms with Gasteiger partial charge in [0, 0.05) is 31.5 Å². The molecule has 0 bridgehead atoms. The van der Waals surface area contributed by atoms with E-state index in [0.717, 1.165) is 24.4 Å². The first-order valence-electron chi connectivity index (χ1n) is 13.4. The summed E-state index contributed by atoms with van der Waals surface area (Å²) in [7, 11) is 0.991. The van der Waals surface area contributed by atoms with E-state index in [4.69, 9.17) is 9.47 Å². The lowest BCUT2D eigenvalue weighted by Crippen LogP contribution is -2.50. The number of nitrogens with zero attached hydrogens (tertiary/aromatic N) is 2. The van der Waals surface area contributed by atoms with E-state index in [9.17, 15) is 27.2 Å². The molecule has 1 aromatic heterocycles. The Hall–Kier alpha value is -4.03. The molecule has 3 aromatic rings. The Morgan fingerprint density at radius 2 is 1.74 bits per heavy atom. The van der Waals surface area contributed by atoms with E-state index in [-0.39, 0.29) is 55.2 Å². The van der Waals surface area contributed by atoms with Crippen LogP contribution in [0.25, 0.3) is 0 Å². The van der Waals surface area contributed by atoms with Crippen LogP contribution in [0.3, 0.4) is 0 Å². The number of rotatable bonds is 10. The number of pyridine rings is 1. The first-order chi connectivity index (χ1) is 20.1. The SMILES string of the molecule is CN(CC(F)(F)F)C(=O)O[C@H]1CO[C@H](CCc2c(F)cncc2NC(=O)CC(c2ccccc2)c2ccccc2)CN1. The number of benzene rings is 2. The average molecular weight is 589 g/mol. The Morgan fingerprint density at radius 3 is 2.31 bits per heavy atom. The summed E-state index contributed by atoms with van der Waals surface area (Å²) >= 11 is 0. The second-order valence-corrected chi connectivity index (χ2v) is 10.0. The number of anilines is 1. The molecule has 2 aromatic carbocycles. The Balaban J connectivity index is 1.32. The number of ether oxygens (including phenoxy) is 2. The van der Waals surface area contributed by atoms with Crippen molar-refractivity contribution in [1.82, 2.24) is 15.2 Å². The highest BCUT2D eigenvalue weighted by atomic mass is 19.4. The van der Waals surface area contributed by atoms with Crippen molar-refractivity contribution in [3.8, 4) is 0 Å². The van der Waals surface area contributed by atoms with Gasteiger partial charge in [-0.2, -0.15) is 13.2 Å². The topological polar surface area (TPSA) is 92.8 Å². The highest BCUT2D eigenvalue weighted by molar-refractivity contribution is 5.92. The molecule has 2 atom stereocenters. The van der Waals surface area contributed by atoms with Crippen LogP contribution < -0.4 is 10.6 Å². The normalized spacial score (nSPS) is 17.1. The molecule has 1 fully saturated rings. The molecule has 4 rings (SSSR count). The van der Waals surface area contributed by atoms with Gasteiger partial charge < -0.3 is 19.7 Å². The van der Waals surface area contributed by atoms with Crippen molar-refractivity contribution in [3.05, 3.63) is 95.6 Å². The second kappa shape index (κ2) is 14.2. The molecule has 0 radical (unpaired) electrons. The van der Waals surface area contributed by atoms with Gasteiger partial charge in [0.2, 0.25) is 5.91 Å². The fourth-order valence-electron chi connectivity index (χ4n) is 4.72. The molecule has 0 unspecified atom stereocenters. The van der Waals surface area contributed by atoms with Crippen LogP contribution in [0.1, 0.15) is 35.4 Å². The Kier molecular flexibility index (Phi) is 10.5. The van der Waals surface area contributed by atoms with Crippen LogP contribution in [0.5, 0.6) is 0 Å². The highest BCUT2D eigenvalue weighted by Crippen LogP contribution is 2.29. The standard InChI is InChI=1S/C30H32F4N4O4/c1-38(19-30(32,33)34)29(40)42-28-18-41-22(15-36-28)12-13-23-25(31)16-35-17-26(23)37-27(39)14-24(20-8-4-2-5-9-20)21-10-6-3-7-11-21/h2-11,16-17,22,24,28,36H,12-15,18-19H2,1H3,(H,37,39)/t22-,28+/m1/s1. The summed E-state index contributed by atoms with van der Waals surface area (Å²) in [5.41, 5.74) is 2.51. The maximum Gasteiger partial charge on any atom is 0.411 e. The zero-order valence-electron chi connectivity index (χ0n) is 22.9. The van der Waals surface area contributed by atoms with Crippen molar-refractivity contribution in [2.75, 3.05) is 32.1 Å². The number of aromatic nitrogens is 1. The Bertz CT molecular complexity index is 1280. The third-order valence-electron chi connectivity index (χ3n) is 6.82. The number of carbonyl (C=O) groups is 2. The third kappa shape index (κ3) is 8.98. The largest absolute Gasteiger partial charge is 0.428 e. The van der Waals surface area contributed by atoms with Crippen molar-refractivity contribution in [3.63, 3.8) is 0 Å². The molecule has 2 N–H and O–H groups in total. The molecule has 1 saturated heterocycles. The molecule has 0 spiro atoms. The van der Waals surface area contributed by atoms with Crippen LogP contribution in [0.15, 0.2) is 73.1 Å². The van der Waals surface area contributed by atoms with Gasteiger partial charge in [-0.1, -0.05) is 60.7 Å². The summed E-state index contributed by atoms with van der Waals surface area (Å²) in [6.07, 6.45) is -3.77. The Labute approximate surface area is 241 Å². The van der Waals surface area contributed by atoms with E-state index < -0.39 is 30.9 Å². The minimum atomic E-state index is -4.54. The molecule has 12 heteroatoms. The predicted octanol–water partition coefficient (Wildman–Crippen LogP) is 5.26. The van der Waals surface area contributed by atoms with Gasteiger partial charge in [-0.15, -0.1) is 0 Å². The number of carbonyl (C=O) groups excluding carboxylic acids is 2. The maximum absolute atomic E-state index is 14.8. The lowest BCUT2D eigenvalue weighted by atomic mass is 9.88. The van der Waals surface area contributed by atoms with E-state index in [1.54, 1.807) is 0 Å². The maximum atomic E-state index is 14.8. The van der Waals surface area contributed by atoms with Gasteiger partial charge in [0.05, 0.1) is 30.8 Å². The summed E-state index contributed by atoms with van der Waals surface area (Å²) in [6, 6.07) is 19.3. The van der Waals surface area contributed by atoms with Crippen LogP contribution in [0, 0.1) is 5.82 Å². The molecular weight excluding hydrogens is 556 g/mol. The van der Waals surface area contributed by atoms with E-state index in [2.05, 4.69) is 15.6 Å². The zero-order valence-corrected chi connectivity index (χ0v) is 22.9. The van der Waals surface area contributed by atoms with Crippen molar-refractivity contribution < 1.29 is 36.6 Å². The molecule has 2 heterocycles. The number of alkyl halides is 3. The quantitative estimate of drug-likeness (QED) is 0.314. The van der Waals surface area contributed by atoms with Crippen molar-refractivity contribution in [1.29, 1.82) is 0 Å². The minimum Gasteiger partial charge on any atom is -0.428 e. The fourth-order valence-corrected chi connectivity index (χ4v) is 4.72. The lowest BCUT2D eigenvalue weighted by molar-refractivity contribution is -0.143. The van der Waals surface area contributed by atoms with Crippen LogP contribution in [0.2, 0.25) is 0 Å². The van der Waals surface area contributed by atoms with Gasteiger partial charge >= 0.3 is 12.3 Å². The zero-order chi connectivity index (χ0) is 30.1. The summed E-state index contributed by atoms with van der Waals surface area (Å²) in [6.45, 7) is -1.29. The number of morpholine rings is 1. The summed E-state index contributed by atoms with van der Waals surface area (Å²) in [5.74, 6) is -1.06. The number of amides is 2. The van der Waals surface area contributed by atoms with Gasteiger partial charge in [0.1, 0.15) is 12.4 Å². The van der Waals surface area contributed by atoms with Crippen molar-refractivity contribution in [2.24, 2.45) is 0 Å². The fraction of sp³-hybridized carbons (Fsp3) is 0.367. The molecule has 1 aliphatic heterocycles. The predicted molar refractivity (Wildman–Crippen MR) is 147 cm³/mol. The minimum absolute atomic E-state index is 0.0843. The van der Waals surface area contributed by atoms with E-state index in [1.165, 1.54) is 6.20 Å². The van der Waals surface area contributed by atoms with Crippen molar-refractivity contribution in [2.45, 2.75) is 43.7 Å². The van der Waals surface area contributed by atoms with Crippen LogP contribution in [0.4, 0.5) is 28.0 Å². The van der Waals surface area contributed by atoms with Crippen molar-refractivity contribution >= 4 is 17.7 Å². The van der Waals surface area contributed by atoms with Gasteiger partial charge in [0.25, 0.3) is 0 Å². The van der Waals surface area contributed by atoms with Gasteiger partial charge in [-0.3, -0.25) is 15.1 Å². The number of hydrogen-bond acceptors (Lipinski definition) is 6. The number of nitrogens with one attached hydrogen (secondary N) is 2. The van der Waals surface area contributed by atoms with E-state index >= 15 is 0 Å². The van der Waals surface area contributed by atoms with Gasteiger partial charge in [0.15, 0.2) is 6.23 Å². The average Bonchev–Trinajstić information content (AvgIpc) is 2.96. The molecule has 0 aliphatic carbocycles.